The Morgan fingerprint density at radius 3 is 2.31 bits per heavy atom. The van der Waals surface area contributed by atoms with Crippen LogP contribution < -0.4 is 0 Å². The maximum atomic E-state index is 12.9. The van der Waals surface area contributed by atoms with E-state index in [0.717, 1.165) is 43.7 Å². The summed E-state index contributed by atoms with van der Waals surface area (Å²) in [5, 5.41) is 0. The van der Waals surface area contributed by atoms with Crippen molar-refractivity contribution in [3.63, 3.8) is 0 Å². The predicted octanol–water partition coefficient (Wildman–Crippen LogP) is 3.15. The molecule has 2 aliphatic rings. The molecule has 5 nitrogen and oxygen atoms in total. The van der Waals surface area contributed by atoms with Gasteiger partial charge in [0.05, 0.1) is 6.26 Å². The third kappa shape index (κ3) is 3.39. The first-order chi connectivity index (χ1) is 12.7. The number of hydrogen-bond donors (Lipinski definition) is 0. The van der Waals surface area contributed by atoms with Crippen molar-refractivity contribution in [2.75, 3.05) is 26.2 Å². The highest BCUT2D eigenvalue weighted by molar-refractivity contribution is 5.94. The van der Waals surface area contributed by atoms with Crippen molar-refractivity contribution in [1.82, 2.24) is 9.80 Å². The third-order valence-electron chi connectivity index (χ3n) is 5.60. The average molecular weight is 352 g/mol. The Morgan fingerprint density at radius 1 is 0.885 bits per heavy atom. The molecule has 0 bridgehead atoms. The quantitative estimate of drug-likeness (QED) is 0.853. The number of benzene rings is 1. The molecule has 0 radical (unpaired) electrons. The first-order valence-electron chi connectivity index (χ1n) is 9.39. The number of likely N-dealkylation sites (tertiary alicyclic amines) is 2. The lowest BCUT2D eigenvalue weighted by molar-refractivity contribution is -0.135. The van der Waals surface area contributed by atoms with E-state index in [2.05, 4.69) is 0 Å². The Hall–Kier alpha value is -2.56. The number of hydrogen-bond acceptors (Lipinski definition) is 3. The second-order valence-electron chi connectivity index (χ2n) is 7.22. The van der Waals surface area contributed by atoms with Crippen molar-refractivity contribution in [2.45, 2.75) is 25.2 Å². The van der Waals surface area contributed by atoms with Gasteiger partial charge in [0.15, 0.2) is 0 Å². The minimum Gasteiger partial charge on any atom is -0.469 e. The SMILES string of the molecule is O=C(c1ccccc1)N1CCC(C(=O)N2CCC(c3ccco3)C2)CC1. The molecule has 1 aromatic heterocycles. The summed E-state index contributed by atoms with van der Waals surface area (Å²) in [7, 11) is 0. The maximum Gasteiger partial charge on any atom is 0.253 e. The number of piperidine rings is 1. The van der Waals surface area contributed by atoms with Crippen molar-refractivity contribution in [3.05, 3.63) is 60.1 Å². The van der Waals surface area contributed by atoms with Gasteiger partial charge in [-0.25, -0.2) is 0 Å². The lowest BCUT2D eigenvalue weighted by Gasteiger charge is -2.33. The van der Waals surface area contributed by atoms with Crippen molar-refractivity contribution in [2.24, 2.45) is 5.92 Å². The Balaban J connectivity index is 1.31. The van der Waals surface area contributed by atoms with E-state index in [4.69, 9.17) is 4.42 Å². The highest BCUT2D eigenvalue weighted by Crippen LogP contribution is 2.30. The molecule has 1 unspecified atom stereocenters. The summed E-state index contributed by atoms with van der Waals surface area (Å²) in [4.78, 5) is 29.2. The van der Waals surface area contributed by atoms with Crippen LogP contribution in [0.15, 0.2) is 53.1 Å². The summed E-state index contributed by atoms with van der Waals surface area (Å²) in [5.41, 5.74) is 0.720. The van der Waals surface area contributed by atoms with E-state index in [1.807, 2.05) is 52.3 Å². The van der Waals surface area contributed by atoms with Gasteiger partial charge in [-0.05, 0) is 43.5 Å². The summed E-state index contributed by atoms with van der Waals surface area (Å²) < 4.78 is 5.49. The standard InChI is InChI=1S/C21H24N2O3/c24-20(16-5-2-1-3-6-16)22-11-8-17(9-12-22)21(25)23-13-10-18(15-23)19-7-4-14-26-19/h1-7,14,17-18H,8-13,15H2. The minimum atomic E-state index is 0.0326. The Bertz CT molecular complexity index is 749. The van der Waals surface area contributed by atoms with Gasteiger partial charge in [-0.3, -0.25) is 9.59 Å². The van der Waals surface area contributed by atoms with Crippen LogP contribution in [0.25, 0.3) is 0 Å². The lowest BCUT2D eigenvalue weighted by Crippen LogP contribution is -2.43. The Labute approximate surface area is 153 Å². The van der Waals surface area contributed by atoms with E-state index in [0.29, 0.717) is 19.0 Å². The molecule has 0 N–H and O–H groups in total. The molecule has 1 atom stereocenters. The monoisotopic (exact) mass is 352 g/mol. The van der Waals surface area contributed by atoms with Gasteiger partial charge in [0.25, 0.3) is 5.91 Å². The van der Waals surface area contributed by atoms with Gasteiger partial charge in [-0.1, -0.05) is 18.2 Å². The molecule has 4 rings (SSSR count). The number of amides is 2. The minimum absolute atomic E-state index is 0.0326. The molecule has 3 heterocycles. The molecule has 2 saturated heterocycles. The highest BCUT2D eigenvalue weighted by atomic mass is 16.3. The predicted molar refractivity (Wildman–Crippen MR) is 97.7 cm³/mol. The highest BCUT2D eigenvalue weighted by Gasteiger charge is 2.34. The molecule has 2 aromatic rings. The van der Waals surface area contributed by atoms with Crippen molar-refractivity contribution >= 4 is 11.8 Å². The first kappa shape index (κ1) is 16.9. The number of nitrogens with zero attached hydrogens (tertiary/aromatic N) is 2. The van der Waals surface area contributed by atoms with Gasteiger partial charge in [0.2, 0.25) is 5.91 Å². The fourth-order valence-corrected chi connectivity index (χ4v) is 4.07. The van der Waals surface area contributed by atoms with Crippen molar-refractivity contribution in [3.8, 4) is 0 Å². The molecule has 5 heteroatoms. The molecule has 26 heavy (non-hydrogen) atoms. The Kier molecular flexibility index (Phi) is 4.78. The molecule has 2 amide bonds. The molecule has 136 valence electrons. The molecule has 0 spiro atoms. The van der Waals surface area contributed by atoms with E-state index in [9.17, 15) is 9.59 Å². The molecule has 0 saturated carbocycles. The summed E-state index contributed by atoms with van der Waals surface area (Å²) >= 11 is 0. The number of carbonyl (C=O) groups is 2. The second kappa shape index (κ2) is 7.36. The van der Waals surface area contributed by atoms with Crippen LogP contribution in [0.2, 0.25) is 0 Å². The van der Waals surface area contributed by atoms with E-state index in [-0.39, 0.29) is 17.7 Å². The number of rotatable bonds is 3. The maximum absolute atomic E-state index is 12.9. The van der Waals surface area contributed by atoms with Gasteiger partial charge < -0.3 is 14.2 Å². The van der Waals surface area contributed by atoms with E-state index in [1.165, 1.54) is 0 Å². The molecular weight excluding hydrogens is 328 g/mol. The fraction of sp³-hybridized carbons (Fsp3) is 0.429. The van der Waals surface area contributed by atoms with Gasteiger partial charge in [0.1, 0.15) is 5.76 Å². The largest absolute Gasteiger partial charge is 0.469 e. The van der Waals surface area contributed by atoms with E-state index < -0.39 is 0 Å². The van der Waals surface area contributed by atoms with E-state index >= 15 is 0 Å². The lowest BCUT2D eigenvalue weighted by atomic mass is 9.95. The van der Waals surface area contributed by atoms with Crippen LogP contribution >= 0.6 is 0 Å². The number of carbonyl (C=O) groups excluding carboxylic acids is 2. The second-order valence-corrected chi connectivity index (χ2v) is 7.22. The molecule has 1 aromatic carbocycles. The van der Waals surface area contributed by atoms with Crippen LogP contribution in [-0.4, -0.2) is 47.8 Å². The number of furan rings is 1. The topological polar surface area (TPSA) is 53.8 Å². The van der Waals surface area contributed by atoms with Crippen molar-refractivity contribution in [1.29, 1.82) is 0 Å². The summed E-state index contributed by atoms with van der Waals surface area (Å²) in [6, 6.07) is 13.3. The molecule has 2 fully saturated rings. The summed E-state index contributed by atoms with van der Waals surface area (Å²) in [6.45, 7) is 2.85. The third-order valence-corrected chi connectivity index (χ3v) is 5.60. The Morgan fingerprint density at radius 2 is 1.62 bits per heavy atom. The van der Waals surface area contributed by atoms with Gasteiger partial charge in [0, 0.05) is 43.6 Å². The molecule has 0 aliphatic carbocycles. The summed E-state index contributed by atoms with van der Waals surface area (Å²) in [6.07, 6.45) is 4.16. The van der Waals surface area contributed by atoms with Crippen LogP contribution in [-0.2, 0) is 4.79 Å². The van der Waals surface area contributed by atoms with Gasteiger partial charge in [-0.15, -0.1) is 0 Å². The first-order valence-corrected chi connectivity index (χ1v) is 9.39. The zero-order chi connectivity index (χ0) is 17.9. The van der Waals surface area contributed by atoms with Crippen LogP contribution in [0.1, 0.15) is 41.3 Å². The van der Waals surface area contributed by atoms with Crippen LogP contribution in [0.3, 0.4) is 0 Å². The van der Waals surface area contributed by atoms with Crippen molar-refractivity contribution < 1.29 is 14.0 Å². The van der Waals surface area contributed by atoms with Crippen LogP contribution in [0, 0.1) is 5.92 Å². The fourth-order valence-electron chi connectivity index (χ4n) is 4.07. The normalized spacial score (nSPS) is 21.2. The van der Waals surface area contributed by atoms with Gasteiger partial charge >= 0.3 is 0 Å². The average Bonchev–Trinajstić information content (AvgIpc) is 3.39. The molecular formula is C21H24N2O3. The smallest absolute Gasteiger partial charge is 0.253 e. The zero-order valence-electron chi connectivity index (χ0n) is 14.8. The zero-order valence-corrected chi connectivity index (χ0v) is 14.8. The molecule has 2 aliphatic heterocycles. The van der Waals surface area contributed by atoms with Crippen LogP contribution in [0.5, 0.6) is 0 Å². The summed E-state index contributed by atoms with van der Waals surface area (Å²) in [5.74, 6) is 1.63. The van der Waals surface area contributed by atoms with E-state index in [1.54, 1.807) is 6.26 Å². The van der Waals surface area contributed by atoms with Gasteiger partial charge in [-0.2, -0.15) is 0 Å². The van der Waals surface area contributed by atoms with Crippen LogP contribution in [0.4, 0.5) is 0 Å².